The first kappa shape index (κ1) is 11.1. The molecule has 0 fully saturated rings. The predicted octanol–water partition coefficient (Wildman–Crippen LogP) is 3.82. The molecule has 60 valence electrons. The first-order valence-electron chi connectivity index (χ1n) is 3.69. The average Bonchev–Trinajstić information content (AvgIpc) is 1.59. The molecular weight excluding hydrogens is 250 g/mol. The number of hydrogen-bond donors (Lipinski definition) is 0. The van der Waals surface area contributed by atoms with Crippen molar-refractivity contribution in [3.63, 3.8) is 0 Å². The molecule has 2 heteroatoms. The van der Waals surface area contributed by atoms with Crippen LogP contribution in [0, 0.1) is 0 Å². The summed E-state index contributed by atoms with van der Waals surface area (Å²) in [6, 6.07) is 0. The standard InChI is InChI=1S/2C4H9.ClH.Sn/c2*1-4(2)3;;/h2*1-3H3;1H;/q;;;+2/p-1. The maximum absolute atomic E-state index is 6.43. The fourth-order valence-electron chi connectivity index (χ4n) is 1.12. The van der Waals surface area contributed by atoms with Crippen molar-refractivity contribution in [2.24, 2.45) is 0 Å². The Morgan fingerprint density at radius 2 is 1.00 bits per heavy atom. The third-order valence-electron chi connectivity index (χ3n) is 1.32. The van der Waals surface area contributed by atoms with Gasteiger partial charge in [0.2, 0.25) is 0 Å². The van der Waals surface area contributed by atoms with Gasteiger partial charge in [0.1, 0.15) is 0 Å². The molecule has 0 aliphatic carbocycles. The molecule has 10 heavy (non-hydrogen) atoms. The van der Waals surface area contributed by atoms with Crippen LogP contribution in [0.1, 0.15) is 41.5 Å². The van der Waals surface area contributed by atoms with Crippen molar-refractivity contribution in [3.05, 3.63) is 0 Å². The molecule has 0 atom stereocenters. The van der Waals surface area contributed by atoms with Crippen LogP contribution in [0.5, 0.6) is 0 Å². The zero-order valence-corrected chi connectivity index (χ0v) is 11.5. The molecule has 0 saturated heterocycles. The van der Waals surface area contributed by atoms with Crippen LogP contribution < -0.4 is 0 Å². The fourth-order valence-corrected chi connectivity index (χ4v) is 7.55. The van der Waals surface area contributed by atoms with Gasteiger partial charge in [-0.25, -0.2) is 0 Å². The molecule has 0 radical (unpaired) electrons. The molecule has 0 aromatic rings. The van der Waals surface area contributed by atoms with Crippen LogP contribution in [0.25, 0.3) is 0 Å². The molecule has 0 spiro atoms. The monoisotopic (exact) mass is 269 g/mol. The minimum atomic E-state index is -1.66. The van der Waals surface area contributed by atoms with Crippen LogP contribution in [-0.4, -0.2) is 18.6 Å². The molecule has 0 heterocycles. The van der Waals surface area contributed by atoms with E-state index in [0.29, 0.717) is 6.86 Å². The summed E-state index contributed by atoms with van der Waals surface area (Å²) in [4.78, 5) is 0. The minimum absolute atomic E-state index is 0.405. The van der Waals surface area contributed by atoms with E-state index in [1.54, 1.807) is 0 Å². The molecule has 0 aromatic heterocycles. The van der Waals surface area contributed by atoms with Gasteiger partial charge in [-0.1, -0.05) is 0 Å². The summed E-state index contributed by atoms with van der Waals surface area (Å²) in [6.45, 7) is 13.6. The van der Waals surface area contributed by atoms with E-state index < -0.39 is 18.6 Å². The predicted molar refractivity (Wildman–Crippen MR) is 51.0 cm³/mol. The Bertz CT molecular complexity index is 93.4. The number of halogens is 1. The summed E-state index contributed by atoms with van der Waals surface area (Å²) in [5.41, 5.74) is 0. The van der Waals surface area contributed by atoms with Crippen molar-refractivity contribution >= 4 is 27.6 Å². The fraction of sp³-hybridized carbons (Fsp3) is 1.00. The van der Waals surface area contributed by atoms with Crippen LogP contribution in [0.3, 0.4) is 0 Å². The van der Waals surface area contributed by atoms with Gasteiger partial charge in [0, 0.05) is 0 Å². The SMILES string of the molecule is C[C](C)(C)[Sn+]([Cl])[C](C)(C)C. The molecule has 0 aromatic carbocycles. The zero-order chi connectivity index (χ0) is 8.58. The van der Waals surface area contributed by atoms with Gasteiger partial charge in [-0.3, -0.25) is 0 Å². The van der Waals surface area contributed by atoms with Crippen molar-refractivity contribution < 1.29 is 0 Å². The molecule has 0 N–H and O–H groups in total. The molecule has 0 saturated carbocycles. The Labute approximate surface area is 75.8 Å². The van der Waals surface area contributed by atoms with Gasteiger partial charge >= 0.3 is 76.0 Å². The van der Waals surface area contributed by atoms with Crippen LogP contribution in [0.2, 0.25) is 6.86 Å². The van der Waals surface area contributed by atoms with Crippen molar-refractivity contribution in [2.75, 3.05) is 0 Å². The average molecular weight is 268 g/mol. The van der Waals surface area contributed by atoms with Crippen LogP contribution in [0.4, 0.5) is 0 Å². The second-order valence-electron chi connectivity index (χ2n) is 4.81. The third-order valence-corrected chi connectivity index (χ3v) is 16.4. The zero-order valence-electron chi connectivity index (χ0n) is 7.88. The van der Waals surface area contributed by atoms with Crippen LogP contribution in [-0.2, 0) is 0 Å². The quantitative estimate of drug-likeness (QED) is 0.586. The Morgan fingerprint density at radius 3 is 1.00 bits per heavy atom. The normalized spacial score (nSPS) is 13.5. The van der Waals surface area contributed by atoms with Crippen LogP contribution in [0.15, 0.2) is 0 Å². The molecule has 0 aliphatic heterocycles. The maximum atomic E-state index is 6.43. The van der Waals surface area contributed by atoms with E-state index in [-0.39, 0.29) is 0 Å². The van der Waals surface area contributed by atoms with Crippen molar-refractivity contribution in [1.82, 2.24) is 0 Å². The second-order valence-corrected chi connectivity index (χ2v) is 17.7. The molecule has 0 rings (SSSR count). The summed E-state index contributed by atoms with van der Waals surface area (Å²) < 4.78 is 0.810. The molecule has 0 bridgehead atoms. The third kappa shape index (κ3) is 3.47. The Balaban J connectivity index is 4.23. The summed E-state index contributed by atoms with van der Waals surface area (Å²) in [6.07, 6.45) is 0. The Morgan fingerprint density at radius 1 is 0.800 bits per heavy atom. The van der Waals surface area contributed by atoms with E-state index in [9.17, 15) is 0 Å². The van der Waals surface area contributed by atoms with E-state index in [2.05, 4.69) is 41.5 Å². The van der Waals surface area contributed by atoms with Gasteiger partial charge in [0.05, 0.1) is 0 Å². The first-order valence-corrected chi connectivity index (χ1v) is 10.2. The van der Waals surface area contributed by atoms with Crippen molar-refractivity contribution in [2.45, 2.75) is 48.4 Å². The van der Waals surface area contributed by atoms with Gasteiger partial charge < -0.3 is 0 Å². The van der Waals surface area contributed by atoms with Gasteiger partial charge in [0.25, 0.3) is 0 Å². The van der Waals surface area contributed by atoms with E-state index in [0.717, 1.165) is 0 Å². The molecule has 0 aliphatic rings. The summed E-state index contributed by atoms with van der Waals surface area (Å²) in [5.74, 6) is 0. The Kier molecular flexibility index (Phi) is 3.57. The van der Waals surface area contributed by atoms with Crippen LogP contribution >= 0.6 is 8.92 Å². The van der Waals surface area contributed by atoms with Gasteiger partial charge in [0.15, 0.2) is 0 Å². The number of hydrogen-bond acceptors (Lipinski definition) is 0. The molecule has 0 nitrogen and oxygen atoms in total. The summed E-state index contributed by atoms with van der Waals surface area (Å²) in [7, 11) is 6.43. The molecule has 0 amide bonds. The van der Waals surface area contributed by atoms with E-state index in [1.807, 2.05) is 0 Å². The molecular formula is C8H18ClSn+. The Hall–Kier alpha value is 1.09. The van der Waals surface area contributed by atoms with Gasteiger partial charge in [-0.05, 0) is 0 Å². The first-order chi connectivity index (χ1) is 4.15. The van der Waals surface area contributed by atoms with E-state index in [4.69, 9.17) is 8.92 Å². The summed E-state index contributed by atoms with van der Waals surface area (Å²) in [5, 5.41) is 0. The van der Waals surface area contributed by atoms with Crippen molar-refractivity contribution in [1.29, 1.82) is 0 Å². The second kappa shape index (κ2) is 3.22. The topological polar surface area (TPSA) is 0 Å². The summed E-state index contributed by atoms with van der Waals surface area (Å²) >= 11 is -1.66. The van der Waals surface area contributed by atoms with E-state index >= 15 is 0 Å². The van der Waals surface area contributed by atoms with Gasteiger partial charge in [-0.2, -0.15) is 0 Å². The van der Waals surface area contributed by atoms with E-state index in [1.165, 1.54) is 0 Å². The number of rotatable bonds is 0. The molecule has 0 unspecified atom stereocenters. The van der Waals surface area contributed by atoms with Crippen molar-refractivity contribution in [3.8, 4) is 0 Å². The van der Waals surface area contributed by atoms with Gasteiger partial charge in [-0.15, -0.1) is 0 Å².